The second-order valence-electron chi connectivity index (χ2n) is 5.47. The molecule has 1 fully saturated rings. The highest BCUT2D eigenvalue weighted by Crippen LogP contribution is 2.17. The highest BCUT2D eigenvalue weighted by atomic mass is 16.5. The molecule has 0 saturated carbocycles. The third-order valence-electron chi connectivity index (χ3n) is 3.89. The van der Waals surface area contributed by atoms with Crippen LogP contribution in [0, 0.1) is 0 Å². The molecule has 1 saturated heterocycles. The van der Waals surface area contributed by atoms with E-state index in [0.717, 1.165) is 44.0 Å². The molecule has 1 aliphatic heterocycles. The number of methoxy groups -OCH3 is 1. The Kier molecular flexibility index (Phi) is 4.80. The van der Waals surface area contributed by atoms with Crippen LogP contribution in [0.4, 0.5) is 5.82 Å². The lowest BCUT2D eigenvalue weighted by atomic mass is 10.0. The lowest BCUT2D eigenvalue weighted by Crippen LogP contribution is -2.39. The summed E-state index contributed by atoms with van der Waals surface area (Å²) in [6.07, 6.45) is 3.88. The fourth-order valence-corrected chi connectivity index (χ4v) is 2.71. The zero-order valence-electron chi connectivity index (χ0n) is 12.8. The number of hydrogen-bond donors (Lipinski definition) is 1. The van der Waals surface area contributed by atoms with E-state index in [2.05, 4.69) is 25.4 Å². The van der Waals surface area contributed by atoms with Gasteiger partial charge in [0.1, 0.15) is 5.82 Å². The number of ether oxygens (including phenoxy) is 1. The van der Waals surface area contributed by atoms with Crippen molar-refractivity contribution >= 4 is 5.82 Å². The molecule has 116 valence electrons. The third-order valence-corrected chi connectivity index (χ3v) is 3.89. The average molecular weight is 299 g/mol. The molecule has 0 aromatic carbocycles. The summed E-state index contributed by atoms with van der Waals surface area (Å²) in [5.41, 5.74) is 1.06. The van der Waals surface area contributed by atoms with Gasteiger partial charge in [-0.05, 0) is 31.0 Å². The van der Waals surface area contributed by atoms with E-state index < -0.39 is 0 Å². The maximum Gasteiger partial charge on any atom is 0.213 e. The summed E-state index contributed by atoms with van der Waals surface area (Å²) in [4.78, 5) is 6.90. The van der Waals surface area contributed by atoms with Crippen molar-refractivity contribution in [1.29, 1.82) is 0 Å². The van der Waals surface area contributed by atoms with E-state index in [0.29, 0.717) is 11.9 Å². The first-order valence-electron chi connectivity index (χ1n) is 7.60. The summed E-state index contributed by atoms with van der Waals surface area (Å²) in [7, 11) is 1.65. The van der Waals surface area contributed by atoms with Crippen molar-refractivity contribution in [3.8, 4) is 5.88 Å². The molecule has 0 radical (unpaired) electrons. The topological polar surface area (TPSA) is 63.2 Å². The molecule has 0 unspecified atom stereocenters. The molecule has 0 aliphatic carbocycles. The molecule has 2 aromatic rings. The van der Waals surface area contributed by atoms with Gasteiger partial charge in [0.25, 0.3) is 0 Å². The highest BCUT2D eigenvalue weighted by Gasteiger charge is 2.19. The Morgan fingerprint density at radius 1 is 1.23 bits per heavy atom. The summed E-state index contributed by atoms with van der Waals surface area (Å²) in [6.45, 7) is 2.97. The van der Waals surface area contributed by atoms with Gasteiger partial charge in [-0.15, -0.1) is 5.10 Å². The number of likely N-dealkylation sites (tertiary alicyclic amines) is 1. The van der Waals surface area contributed by atoms with Gasteiger partial charge in [0.05, 0.1) is 12.8 Å². The van der Waals surface area contributed by atoms with Crippen LogP contribution in [0.25, 0.3) is 0 Å². The first kappa shape index (κ1) is 14.7. The minimum Gasteiger partial charge on any atom is -0.481 e. The quantitative estimate of drug-likeness (QED) is 0.910. The van der Waals surface area contributed by atoms with Crippen molar-refractivity contribution < 1.29 is 4.74 Å². The van der Waals surface area contributed by atoms with Crippen molar-refractivity contribution in [1.82, 2.24) is 20.1 Å². The van der Waals surface area contributed by atoms with E-state index in [1.165, 1.54) is 0 Å². The van der Waals surface area contributed by atoms with E-state index in [4.69, 9.17) is 4.74 Å². The summed E-state index contributed by atoms with van der Waals surface area (Å²) in [5.74, 6) is 1.53. The lowest BCUT2D eigenvalue weighted by molar-refractivity contribution is 0.208. The molecule has 0 amide bonds. The molecule has 1 N–H and O–H groups in total. The maximum absolute atomic E-state index is 5.17. The molecule has 0 bridgehead atoms. The first-order chi connectivity index (χ1) is 10.8. The fourth-order valence-electron chi connectivity index (χ4n) is 2.71. The molecule has 3 heterocycles. The number of nitrogens with one attached hydrogen (secondary N) is 1. The Morgan fingerprint density at radius 2 is 2.09 bits per heavy atom. The van der Waals surface area contributed by atoms with Gasteiger partial charge in [0.2, 0.25) is 5.88 Å². The Morgan fingerprint density at radius 3 is 2.82 bits per heavy atom. The molecule has 22 heavy (non-hydrogen) atoms. The molecule has 0 atom stereocenters. The smallest absolute Gasteiger partial charge is 0.213 e. The van der Waals surface area contributed by atoms with E-state index in [1.54, 1.807) is 13.3 Å². The lowest BCUT2D eigenvalue weighted by Gasteiger charge is -2.32. The van der Waals surface area contributed by atoms with E-state index >= 15 is 0 Å². The van der Waals surface area contributed by atoms with Crippen molar-refractivity contribution in [2.75, 3.05) is 25.5 Å². The van der Waals surface area contributed by atoms with Crippen molar-refractivity contribution in [3.63, 3.8) is 0 Å². The van der Waals surface area contributed by atoms with Gasteiger partial charge < -0.3 is 10.1 Å². The van der Waals surface area contributed by atoms with Gasteiger partial charge in [-0.1, -0.05) is 6.07 Å². The van der Waals surface area contributed by atoms with Crippen LogP contribution in [-0.2, 0) is 6.54 Å². The normalized spacial score (nSPS) is 16.4. The average Bonchev–Trinajstić information content (AvgIpc) is 2.58. The summed E-state index contributed by atoms with van der Waals surface area (Å²) >= 11 is 0. The molecule has 3 rings (SSSR count). The Labute approximate surface area is 130 Å². The zero-order chi connectivity index (χ0) is 15.2. The molecule has 6 heteroatoms. The van der Waals surface area contributed by atoms with Crippen LogP contribution in [0.5, 0.6) is 5.88 Å². The van der Waals surface area contributed by atoms with Crippen molar-refractivity contribution in [2.24, 2.45) is 0 Å². The van der Waals surface area contributed by atoms with Gasteiger partial charge in [-0.3, -0.25) is 4.90 Å². The second-order valence-corrected chi connectivity index (χ2v) is 5.47. The SMILES string of the molecule is COc1cccc(CN2CCC(Nc3cccnn3)CC2)n1. The van der Waals surface area contributed by atoms with Crippen LogP contribution >= 0.6 is 0 Å². The maximum atomic E-state index is 5.17. The van der Waals surface area contributed by atoms with Crippen molar-refractivity contribution in [3.05, 3.63) is 42.2 Å². The van der Waals surface area contributed by atoms with Gasteiger partial charge in [0.15, 0.2) is 0 Å². The fraction of sp³-hybridized carbons (Fsp3) is 0.438. The number of hydrogen-bond acceptors (Lipinski definition) is 6. The largest absolute Gasteiger partial charge is 0.481 e. The zero-order valence-corrected chi connectivity index (χ0v) is 12.8. The van der Waals surface area contributed by atoms with Gasteiger partial charge in [-0.25, -0.2) is 4.98 Å². The monoisotopic (exact) mass is 299 g/mol. The van der Waals surface area contributed by atoms with Crippen LogP contribution in [-0.4, -0.2) is 46.3 Å². The molecule has 6 nitrogen and oxygen atoms in total. The Balaban J connectivity index is 1.49. The standard InChI is InChI=1S/C16H21N5O/c1-22-16-6-2-4-14(19-16)12-21-10-7-13(8-11-21)18-15-5-3-9-17-20-15/h2-6,9,13H,7-8,10-12H2,1H3,(H,18,20). The third kappa shape index (κ3) is 3.92. The van der Waals surface area contributed by atoms with Gasteiger partial charge >= 0.3 is 0 Å². The van der Waals surface area contributed by atoms with Crippen LogP contribution in [0.2, 0.25) is 0 Å². The van der Waals surface area contributed by atoms with Crippen molar-refractivity contribution in [2.45, 2.75) is 25.4 Å². The summed E-state index contributed by atoms with van der Waals surface area (Å²) < 4.78 is 5.17. The molecule has 2 aromatic heterocycles. The molecular formula is C16H21N5O. The van der Waals surface area contributed by atoms with E-state index in [1.807, 2.05) is 30.3 Å². The van der Waals surface area contributed by atoms with E-state index in [-0.39, 0.29) is 0 Å². The van der Waals surface area contributed by atoms with E-state index in [9.17, 15) is 0 Å². The number of nitrogens with zero attached hydrogens (tertiary/aromatic N) is 4. The second kappa shape index (κ2) is 7.17. The predicted octanol–water partition coefficient (Wildman–Crippen LogP) is 1.96. The van der Waals surface area contributed by atoms with Gasteiger partial charge in [-0.2, -0.15) is 5.10 Å². The molecular weight excluding hydrogens is 278 g/mol. The number of rotatable bonds is 5. The van der Waals surface area contributed by atoms with Gasteiger partial charge in [0, 0.05) is 37.9 Å². The van der Waals surface area contributed by atoms with Crippen LogP contribution in [0.1, 0.15) is 18.5 Å². The Bertz CT molecular complexity index is 584. The Hall–Kier alpha value is -2.21. The van der Waals surface area contributed by atoms with Crippen LogP contribution in [0.3, 0.4) is 0 Å². The number of aromatic nitrogens is 3. The predicted molar refractivity (Wildman–Crippen MR) is 84.7 cm³/mol. The van der Waals surface area contributed by atoms with Crippen LogP contribution < -0.4 is 10.1 Å². The van der Waals surface area contributed by atoms with Crippen LogP contribution in [0.15, 0.2) is 36.5 Å². The highest BCUT2D eigenvalue weighted by molar-refractivity contribution is 5.33. The number of pyridine rings is 1. The minimum absolute atomic E-state index is 0.464. The summed E-state index contributed by atoms with van der Waals surface area (Å²) in [6, 6.07) is 10.2. The molecule has 0 spiro atoms. The molecule has 1 aliphatic rings. The minimum atomic E-state index is 0.464. The number of anilines is 1. The summed E-state index contributed by atoms with van der Waals surface area (Å²) in [5, 5.41) is 11.4. The first-order valence-corrected chi connectivity index (χ1v) is 7.60. The number of piperidine rings is 1.